The van der Waals surface area contributed by atoms with Crippen molar-refractivity contribution in [3.8, 4) is 0 Å². The van der Waals surface area contributed by atoms with E-state index in [1.54, 1.807) is 13.8 Å². The average molecular weight is 298 g/mol. The first-order valence-corrected chi connectivity index (χ1v) is 7.09. The topological polar surface area (TPSA) is 99.9 Å². The minimum atomic E-state index is -0.538. The van der Waals surface area contributed by atoms with Crippen LogP contribution in [0.3, 0.4) is 0 Å². The first-order chi connectivity index (χ1) is 10.5. The number of nitrogens with one attached hydrogen (secondary N) is 2. The van der Waals surface area contributed by atoms with Gasteiger partial charge in [-0.1, -0.05) is 13.8 Å². The fourth-order valence-electron chi connectivity index (χ4n) is 2.66. The zero-order chi connectivity index (χ0) is 16.0. The Bertz CT molecular complexity index is 861. The molecule has 0 spiro atoms. The predicted molar refractivity (Wildman–Crippen MR) is 79.7 cm³/mol. The van der Waals surface area contributed by atoms with E-state index in [9.17, 15) is 19.2 Å². The van der Waals surface area contributed by atoms with Gasteiger partial charge in [0.15, 0.2) is 5.78 Å². The molecule has 0 fully saturated rings. The highest BCUT2D eigenvalue weighted by Crippen LogP contribution is 2.24. The van der Waals surface area contributed by atoms with Crippen LogP contribution in [-0.4, -0.2) is 21.5 Å². The molecule has 1 aliphatic rings. The molecule has 0 saturated heterocycles. The Kier molecular flexibility index (Phi) is 3.16. The molecule has 22 heavy (non-hydrogen) atoms. The maximum absolute atomic E-state index is 12.6. The number of carbonyl (C=O) groups excluding carboxylic acids is 2. The van der Waals surface area contributed by atoms with Crippen molar-refractivity contribution in [3.63, 3.8) is 0 Å². The van der Waals surface area contributed by atoms with Gasteiger partial charge in [-0.2, -0.15) is 0 Å². The van der Waals surface area contributed by atoms with Gasteiger partial charge in [0.1, 0.15) is 11.4 Å². The van der Waals surface area contributed by atoms with E-state index in [-0.39, 0.29) is 28.3 Å². The van der Waals surface area contributed by atoms with Crippen molar-refractivity contribution in [1.29, 1.82) is 0 Å². The van der Waals surface area contributed by atoms with E-state index in [1.807, 2.05) is 0 Å². The van der Waals surface area contributed by atoms with Gasteiger partial charge in [0, 0.05) is 11.1 Å². The van der Waals surface area contributed by atoms with Crippen LogP contribution >= 0.6 is 0 Å². The highest BCUT2D eigenvalue weighted by molar-refractivity contribution is 6.26. The number of rotatable bonds is 2. The summed E-state index contributed by atoms with van der Waals surface area (Å²) in [5, 5.41) is 0. The molecule has 2 aromatic rings. The van der Waals surface area contributed by atoms with E-state index in [1.165, 1.54) is 12.1 Å². The third kappa shape index (κ3) is 1.88. The van der Waals surface area contributed by atoms with E-state index in [0.717, 1.165) is 0 Å². The standard InChI is InChI=1S/C16H14N2O4/c1-3-7-5-9-11(17-15(7)21)14(20)12-10(13(9)19)6-8(4-2)16(22)18-12/h5-6H,3-4H2,1-2H3,(H,17,21)(H,18,22). The molecule has 1 aliphatic carbocycles. The number of ketones is 2. The van der Waals surface area contributed by atoms with Crippen LogP contribution in [0.25, 0.3) is 0 Å². The summed E-state index contributed by atoms with van der Waals surface area (Å²) in [5.74, 6) is -0.898. The highest BCUT2D eigenvalue weighted by atomic mass is 16.2. The second kappa shape index (κ2) is 4.91. The third-order valence-electron chi connectivity index (χ3n) is 3.94. The van der Waals surface area contributed by atoms with E-state index in [2.05, 4.69) is 9.97 Å². The molecule has 112 valence electrons. The maximum atomic E-state index is 12.6. The largest absolute Gasteiger partial charge is 0.318 e. The summed E-state index contributed by atoms with van der Waals surface area (Å²) in [6.07, 6.45) is 0.922. The fourth-order valence-corrected chi connectivity index (χ4v) is 2.66. The van der Waals surface area contributed by atoms with Gasteiger partial charge in [-0.25, -0.2) is 0 Å². The van der Waals surface area contributed by atoms with E-state index in [4.69, 9.17) is 0 Å². The molecule has 6 heteroatoms. The Morgan fingerprint density at radius 2 is 1.14 bits per heavy atom. The molecule has 2 aromatic heterocycles. The lowest BCUT2D eigenvalue weighted by Gasteiger charge is -2.17. The van der Waals surface area contributed by atoms with Crippen LogP contribution in [0.5, 0.6) is 0 Å². The number of aromatic nitrogens is 2. The van der Waals surface area contributed by atoms with Gasteiger partial charge in [0.25, 0.3) is 11.1 Å². The van der Waals surface area contributed by atoms with E-state index < -0.39 is 16.9 Å². The molecule has 6 nitrogen and oxygen atoms in total. The summed E-state index contributed by atoms with van der Waals surface area (Å²) in [6, 6.07) is 2.93. The van der Waals surface area contributed by atoms with Gasteiger partial charge < -0.3 is 9.97 Å². The lowest BCUT2D eigenvalue weighted by atomic mass is 9.88. The van der Waals surface area contributed by atoms with Crippen LogP contribution in [0.2, 0.25) is 0 Å². The third-order valence-corrected chi connectivity index (χ3v) is 3.94. The number of aryl methyl sites for hydroxylation is 2. The molecule has 3 rings (SSSR count). The molecule has 2 N–H and O–H groups in total. The Labute approximate surface area is 125 Å². The SMILES string of the molecule is CCc1cc2c([nH]c1=O)C(=O)c1[nH]c(=O)c(CC)cc1C2=O. The summed E-state index contributed by atoms with van der Waals surface area (Å²) in [4.78, 5) is 53.7. The molecule has 0 saturated carbocycles. The molecule has 0 aliphatic heterocycles. The van der Waals surface area contributed by atoms with Crippen molar-refractivity contribution >= 4 is 11.6 Å². The first-order valence-electron chi connectivity index (χ1n) is 7.09. The molecule has 0 bridgehead atoms. The van der Waals surface area contributed by atoms with Crippen LogP contribution in [0.15, 0.2) is 21.7 Å². The van der Waals surface area contributed by atoms with Gasteiger partial charge >= 0.3 is 0 Å². The van der Waals surface area contributed by atoms with E-state index in [0.29, 0.717) is 24.0 Å². The van der Waals surface area contributed by atoms with Crippen LogP contribution in [0.1, 0.15) is 57.1 Å². The minimum absolute atomic E-state index is 0.0559. The van der Waals surface area contributed by atoms with Crippen LogP contribution in [0.4, 0.5) is 0 Å². The molecular formula is C16H14N2O4. The minimum Gasteiger partial charge on any atom is -0.318 e. The average Bonchev–Trinajstić information content (AvgIpc) is 2.52. The molecule has 2 heterocycles. The first kappa shape index (κ1) is 14.2. The van der Waals surface area contributed by atoms with Gasteiger partial charge in [-0.15, -0.1) is 0 Å². The Hall–Kier alpha value is -2.76. The second-order valence-corrected chi connectivity index (χ2v) is 5.19. The summed E-state index contributed by atoms with van der Waals surface area (Å²) < 4.78 is 0. The molecule has 0 unspecified atom stereocenters. The van der Waals surface area contributed by atoms with E-state index >= 15 is 0 Å². The van der Waals surface area contributed by atoms with Crippen molar-refractivity contribution in [2.24, 2.45) is 0 Å². The zero-order valence-electron chi connectivity index (χ0n) is 12.2. The zero-order valence-corrected chi connectivity index (χ0v) is 12.2. The number of aromatic amines is 2. The van der Waals surface area contributed by atoms with Crippen LogP contribution in [0, 0.1) is 0 Å². The quantitative estimate of drug-likeness (QED) is 0.736. The van der Waals surface area contributed by atoms with Crippen molar-refractivity contribution in [1.82, 2.24) is 9.97 Å². The van der Waals surface area contributed by atoms with Gasteiger partial charge in [-0.3, -0.25) is 19.2 Å². The molecule has 0 aromatic carbocycles. The number of H-pyrrole nitrogens is 2. The second-order valence-electron chi connectivity index (χ2n) is 5.19. The summed E-state index contributed by atoms with van der Waals surface area (Å²) >= 11 is 0. The van der Waals surface area contributed by atoms with Crippen molar-refractivity contribution in [2.45, 2.75) is 26.7 Å². The summed E-state index contributed by atoms with van der Waals surface area (Å²) in [5.41, 5.74) is 0.369. The number of hydrogen-bond donors (Lipinski definition) is 2. The number of pyridine rings is 2. The Balaban J connectivity index is 2.32. The number of carbonyl (C=O) groups is 2. The summed E-state index contributed by atoms with van der Waals surface area (Å²) in [7, 11) is 0. The van der Waals surface area contributed by atoms with Gasteiger partial charge in [0.05, 0.1) is 11.1 Å². The molecular weight excluding hydrogens is 284 g/mol. The normalized spacial score (nSPS) is 13.0. The van der Waals surface area contributed by atoms with Gasteiger partial charge in [-0.05, 0) is 25.0 Å². The van der Waals surface area contributed by atoms with Crippen molar-refractivity contribution < 1.29 is 9.59 Å². The van der Waals surface area contributed by atoms with Crippen LogP contribution < -0.4 is 11.1 Å². The Morgan fingerprint density at radius 3 is 1.50 bits per heavy atom. The van der Waals surface area contributed by atoms with Gasteiger partial charge in [0.2, 0.25) is 5.78 Å². The molecule has 0 atom stereocenters. The number of hydrogen-bond acceptors (Lipinski definition) is 4. The molecule has 0 radical (unpaired) electrons. The Morgan fingerprint density at radius 1 is 0.727 bits per heavy atom. The lowest BCUT2D eigenvalue weighted by molar-refractivity contribution is 0.0970. The maximum Gasteiger partial charge on any atom is 0.251 e. The van der Waals surface area contributed by atoms with Crippen LogP contribution in [-0.2, 0) is 12.8 Å². The van der Waals surface area contributed by atoms with Crippen molar-refractivity contribution in [2.75, 3.05) is 0 Å². The number of fused-ring (bicyclic) bond motifs is 2. The fraction of sp³-hybridized carbons (Fsp3) is 0.250. The summed E-state index contributed by atoms with van der Waals surface area (Å²) in [6.45, 7) is 3.60. The predicted octanol–water partition coefficient (Wildman–Crippen LogP) is 0.963. The lowest BCUT2D eigenvalue weighted by Crippen LogP contribution is -2.31. The van der Waals surface area contributed by atoms with Crippen molar-refractivity contribution in [3.05, 3.63) is 66.5 Å². The smallest absolute Gasteiger partial charge is 0.251 e. The monoisotopic (exact) mass is 298 g/mol. The molecule has 0 amide bonds. The highest BCUT2D eigenvalue weighted by Gasteiger charge is 2.32.